The van der Waals surface area contributed by atoms with E-state index in [0.717, 1.165) is 18.7 Å². The summed E-state index contributed by atoms with van der Waals surface area (Å²) in [6.07, 6.45) is 2.82. The summed E-state index contributed by atoms with van der Waals surface area (Å²) in [5.74, 6) is 0.520. The van der Waals surface area contributed by atoms with Gasteiger partial charge in [-0.25, -0.2) is 4.98 Å². The van der Waals surface area contributed by atoms with E-state index in [1.165, 1.54) is 17.0 Å². The summed E-state index contributed by atoms with van der Waals surface area (Å²) in [7, 11) is 2.04. The molecule has 1 aliphatic rings. The average Bonchev–Trinajstić information content (AvgIpc) is 2.60. The number of rotatable bonds is 5. The van der Waals surface area contributed by atoms with Crippen LogP contribution in [0, 0.1) is 0 Å². The number of nitrogens with zero attached hydrogens (tertiary/aromatic N) is 3. The number of aromatic nitrogens is 2. The van der Waals surface area contributed by atoms with Gasteiger partial charge in [-0.05, 0) is 37.6 Å². The van der Waals surface area contributed by atoms with Gasteiger partial charge in [-0.1, -0.05) is 23.7 Å². The lowest BCUT2D eigenvalue weighted by Crippen LogP contribution is -2.46. The fourth-order valence-corrected chi connectivity index (χ4v) is 3.07. The second-order valence-corrected chi connectivity index (χ2v) is 7.18. The number of anilines is 1. The monoisotopic (exact) mass is 362 g/mol. The van der Waals surface area contributed by atoms with Gasteiger partial charge < -0.3 is 15.3 Å². The first kappa shape index (κ1) is 17.9. The van der Waals surface area contributed by atoms with Crippen molar-refractivity contribution in [3.63, 3.8) is 0 Å². The number of nitrogens with one attached hydrogen (secondary N) is 1. The summed E-state index contributed by atoms with van der Waals surface area (Å²) in [4.78, 5) is 18.8. The van der Waals surface area contributed by atoms with Crippen LogP contribution in [0.15, 0.2) is 41.5 Å². The first-order valence-corrected chi connectivity index (χ1v) is 8.77. The molecule has 2 N–H and O–H groups in total. The molecule has 6 nitrogen and oxygen atoms in total. The van der Waals surface area contributed by atoms with Gasteiger partial charge in [-0.15, -0.1) is 0 Å². The first-order valence-electron chi connectivity index (χ1n) is 8.39. The summed E-state index contributed by atoms with van der Waals surface area (Å²) < 4.78 is 1.48. The maximum Gasteiger partial charge on any atom is 0.255 e. The molecule has 0 atom stereocenters. The molecule has 1 aromatic carbocycles. The van der Waals surface area contributed by atoms with E-state index in [2.05, 4.69) is 15.2 Å². The molecule has 1 aliphatic heterocycles. The summed E-state index contributed by atoms with van der Waals surface area (Å²) in [6.45, 7) is 2.51. The summed E-state index contributed by atoms with van der Waals surface area (Å²) in [6, 6.07) is 8.96. The van der Waals surface area contributed by atoms with Crippen molar-refractivity contribution >= 4 is 17.4 Å². The Hall–Kier alpha value is -1.89. The standard InChI is InChI=1S/C18H23ClN4O2/c1-22-8-6-18(25,7-9-22)12-23-13-21-16(10-17(23)24)20-11-14-2-4-15(19)5-3-14/h2-5,10,13,20,25H,6-9,11-12H2,1H3. The molecule has 2 aromatic rings. The maximum absolute atomic E-state index is 12.3. The van der Waals surface area contributed by atoms with Gasteiger partial charge in [0.2, 0.25) is 0 Å². The third kappa shape index (κ3) is 4.81. The van der Waals surface area contributed by atoms with Gasteiger partial charge in [0, 0.05) is 30.7 Å². The third-order valence-corrected chi connectivity index (χ3v) is 4.90. The van der Waals surface area contributed by atoms with Crippen LogP contribution in [-0.4, -0.2) is 45.3 Å². The Morgan fingerprint density at radius 3 is 2.60 bits per heavy atom. The van der Waals surface area contributed by atoms with Crippen LogP contribution >= 0.6 is 11.6 Å². The highest BCUT2D eigenvalue weighted by atomic mass is 35.5. The molecule has 0 unspecified atom stereocenters. The van der Waals surface area contributed by atoms with Gasteiger partial charge in [0.1, 0.15) is 5.82 Å². The van der Waals surface area contributed by atoms with Gasteiger partial charge in [0.15, 0.2) is 0 Å². The molecule has 1 aromatic heterocycles. The molecule has 0 radical (unpaired) electrons. The molecule has 2 heterocycles. The number of piperidine rings is 1. The lowest BCUT2D eigenvalue weighted by molar-refractivity contribution is -0.0299. The lowest BCUT2D eigenvalue weighted by Gasteiger charge is -2.36. The van der Waals surface area contributed by atoms with Crippen LogP contribution in [0.4, 0.5) is 5.82 Å². The summed E-state index contributed by atoms with van der Waals surface area (Å²) in [5, 5.41) is 14.5. The zero-order valence-electron chi connectivity index (χ0n) is 14.3. The minimum absolute atomic E-state index is 0.166. The molecule has 7 heteroatoms. The van der Waals surface area contributed by atoms with Gasteiger partial charge in [-0.2, -0.15) is 0 Å². The molecular formula is C18H23ClN4O2. The highest BCUT2D eigenvalue weighted by Gasteiger charge is 2.31. The van der Waals surface area contributed by atoms with E-state index >= 15 is 0 Å². The second-order valence-electron chi connectivity index (χ2n) is 6.75. The van der Waals surface area contributed by atoms with Crippen LogP contribution in [0.2, 0.25) is 5.02 Å². The molecule has 0 aliphatic carbocycles. The van der Waals surface area contributed by atoms with Crippen LogP contribution in [0.25, 0.3) is 0 Å². The lowest BCUT2D eigenvalue weighted by atomic mass is 9.91. The third-order valence-electron chi connectivity index (χ3n) is 4.65. The minimum Gasteiger partial charge on any atom is -0.388 e. The van der Waals surface area contributed by atoms with E-state index in [-0.39, 0.29) is 12.1 Å². The molecule has 0 saturated carbocycles. The Balaban J connectivity index is 1.62. The normalized spacial score (nSPS) is 17.4. The van der Waals surface area contributed by atoms with E-state index in [1.807, 2.05) is 31.3 Å². The Bertz CT molecular complexity index is 767. The number of hydrogen-bond acceptors (Lipinski definition) is 5. The fourth-order valence-electron chi connectivity index (χ4n) is 2.95. The predicted molar refractivity (Wildman–Crippen MR) is 99.0 cm³/mol. The SMILES string of the molecule is CN1CCC(O)(Cn2cnc(NCc3ccc(Cl)cc3)cc2=O)CC1. The Kier molecular flexibility index (Phi) is 5.42. The van der Waals surface area contributed by atoms with Gasteiger partial charge in [0.05, 0.1) is 18.5 Å². The van der Waals surface area contributed by atoms with E-state index < -0.39 is 5.60 Å². The molecule has 134 valence electrons. The number of benzene rings is 1. The molecule has 1 fully saturated rings. The van der Waals surface area contributed by atoms with Crippen molar-refractivity contribution in [2.24, 2.45) is 0 Å². The largest absolute Gasteiger partial charge is 0.388 e. The number of hydrogen-bond donors (Lipinski definition) is 2. The van der Waals surface area contributed by atoms with Gasteiger partial charge in [-0.3, -0.25) is 9.36 Å². The smallest absolute Gasteiger partial charge is 0.255 e. The van der Waals surface area contributed by atoms with Crippen LogP contribution in [0.1, 0.15) is 18.4 Å². The first-order chi connectivity index (χ1) is 11.9. The quantitative estimate of drug-likeness (QED) is 0.851. The molecule has 3 rings (SSSR count). The van der Waals surface area contributed by atoms with Crippen LogP contribution in [-0.2, 0) is 13.1 Å². The van der Waals surface area contributed by atoms with E-state index in [0.29, 0.717) is 30.2 Å². The summed E-state index contributed by atoms with van der Waals surface area (Å²) >= 11 is 5.87. The number of halogens is 1. The van der Waals surface area contributed by atoms with Crippen molar-refractivity contribution in [1.82, 2.24) is 14.5 Å². The van der Waals surface area contributed by atoms with Crippen LogP contribution in [0.3, 0.4) is 0 Å². The number of aliphatic hydroxyl groups is 1. The van der Waals surface area contributed by atoms with Crippen molar-refractivity contribution in [2.45, 2.75) is 31.5 Å². The number of likely N-dealkylation sites (tertiary alicyclic amines) is 1. The molecule has 0 bridgehead atoms. The second kappa shape index (κ2) is 7.56. The van der Waals surface area contributed by atoms with Crippen molar-refractivity contribution < 1.29 is 5.11 Å². The van der Waals surface area contributed by atoms with E-state index in [1.54, 1.807) is 0 Å². The van der Waals surface area contributed by atoms with E-state index in [9.17, 15) is 9.90 Å². The molecule has 1 saturated heterocycles. The van der Waals surface area contributed by atoms with E-state index in [4.69, 9.17) is 11.6 Å². The van der Waals surface area contributed by atoms with Crippen molar-refractivity contribution in [2.75, 3.05) is 25.5 Å². The van der Waals surface area contributed by atoms with Gasteiger partial charge >= 0.3 is 0 Å². The zero-order chi connectivity index (χ0) is 17.9. The highest BCUT2D eigenvalue weighted by Crippen LogP contribution is 2.22. The Labute approximate surface area is 152 Å². The van der Waals surface area contributed by atoms with Crippen molar-refractivity contribution in [1.29, 1.82) is 0 Å². The topological polar surface area (TPSA) is 70.4 Å². The molecular weight excluding hydrogens is 340 g/mol. The zero-order valence-corrected chi connectivity index (χ0v) is 15.0. The fraction of sp³-hybridized carbons (Fsp3) is 0.444. The Morgan fingerprint density at radius 1 is 1.28 bits per heavy atom. The van der Waals surface area contributed by atoms with Gasteiger partial charge in [0.25, 0.3) is 5.56 Å². The van der Waals surface area contributed by atoms with Crippen LogP contribution in [0.5, 0.6) is 0 Å². The highest BCUT2D eigenvalue weighted by molar-refractivity contribution is 6.30. The Morgan fingerprint density at radius 2 is 1.96 bits per heavy atom. The van der Waals surface area contributed by atoms with Crippen molar-refractivity contribution in [3.05, 3.63) is 57.6 Å². The van der Waals surface area contributed by atoms with Crippen molar-refractivity contribution in [3.8, 4) is 0 Å². The molecule has 0 amide bonds. The maximum atomic E-state index is 12.3. The molecule has 0 spiro atoms. The predicted octanol–water partition coefficient (Wildman–Crippen LogP) is 1.97. The molecule has 25 heavy (non-hydrogen) atoms. The minimum atomic E-state index is -0.837. The average molecular weight is 363 g/mol. The summed E-state index contributed by atoms with van der Waals surface area (Å²) in [5.41, 5.74) is 0.0491. The van der Waals surface area contributed by atoms with Crippen LogP contribution < -0.4 is 10.9 Å².